The van der Waals surface area contributed by atoms with E-state index in [1.807, 2.05) is 38.5 Å². The monoisotopic (exact) mass is 288 g/mol. The highest BCUT2D eigenvalue weighted by Crippen LogP contribution is 2.19. The van der Waals surface area contributed by atoms with Gasteiger partial charge in [-0.3, -0.25) is 4.79 Å². The van der Waals surface area contributed by atoms with Gasteiger partial charge in [0.2, 0.25) is 5.91 Å². The molecule has 0 aliphatic carbocycles. The fourth-order valence-corrected chi connectivity index (χ4v) is 2.51. The van der Waals surface area contributed by atoms with E-state index in [2.05, 4.69) is 16.4 Å². The molecule has 1 atom stereocenters. The summed E-state index contributed by atoms with van der Waals surface area (Å²) in [6.45, 7) is 1.62. The lowest BCUT2D eigenvalue weighted by Gasteiger charge is -2.21. The lowest BCUT2D eigenvalue weighted by Crippen LogP contribution is -2.43. The van der Waals surface area contributed by atoms with Crippen molar-refractivity contribution in [1.82, 2.24) is 15.2 Å². The van der Waals surface area contributed by atoms with Crippen LogP contribution in [0.1, 0.15) is 12.0 Å². The van der Waals surface area contributed by atoms with Crippen molar-refractivity contribution < 1.29 is 4.79 Å². The average molecular weight is 288 g/mol. The van der Waals surface area contributed by atoms with Crippen molar-refractivity contribution in [2.24, 2.45) is 5.73 Å². The van der Waals surface area contributed by atoms with Crippen molar-refractivity contribution in [3.8, 4) is 0 Å². The summed E-state index contributed by atoms with van der Waals surface area (Å²) in [5, 5.41) is 4.21. The number of carbonyl (C=O) groups excluding carboxylic acids is 1. The van der Waals surface area contributed by atoms with Crippen molar-refractivity contribution in [2.75, 3.05) is 27.2 Å². The molecule has 114 valence electrons. The summed E-state index contributed by atoms with van der Waals surface area (Å²) in [5.41, 5.74) is 8.25. The van der Waals surface area contributed by atoms with E-state index in [1.54, 1.807) is 4.90 Å². The Morgan fingerprint density at radius 1 is 1.43 bits per heavy atom. The number of likely N-dealkylation sites (N-methyl/N-ethyl adjacent to an activating group) is 1. The topological polar surface area (TPSA) is 74.2 Å². The first-order valence-corrected chi connectivity index (χ1v) is 7.33. The van der Waals surface area contributed by atoms with Gasteiger partial charge < -0.3 is 20.9 Å². The molecule has 0 aliphatic heterocycles. The molecule has 4 N–H and O–H groups in total. The first kappa shape index (κ1) is 15.5. The second-order valence-electron chi connectivity index (χ2n) is 5.39. The number of nitrogens with two attached hydrogens (primary N) is 1. The van der Waals surface area contributed by atoms with E-state index in [4.69, 9.17) is 5.73 Å². The number of carbonyl (C=O) groups is 1. The maximum absolute atomic E-state index is 12.3. The van der Waals surface area contributed by atoms with Crippen LogP contribution in [0, 0.1) is 0 Å². The molecule has 2 aromatic rings. The number of rotatable bonds is 7. The number of nitrogens with one attached hydrogen (secondary N) is 2. The fourth-order valence-electron chi connectivity index (χ4n) is 2.51. The van der Waals surface area contributed by atoms with Crippen LogP contribution in [0.15, 0.2) is 30.5 Å². The van der Waals surface area contributed by atoms with Crippen LogP contribution in [-0.2, 0) is 11.2 Å². The summed E-state index contributed by atoms with van der Waals surface area (Å²) in [5.74, 6) is -0.00335. The highest BCUT2D eigenvalue weighted by molar-refractivity contribution is 5.86. The van der Waals surface area contributed by atoms with Crippen LogP contribution >= 0.6 is 0 Å². The summed E-state index contributed by atoms with van der Waals surface area (Å²) in [6.07, 6.45) is 3.43. The summed E-state index contributed by atoms with van der Waals surface area (Å²) in [6, 6.07) is 7.56. The Balaban J connectivity index is 1.97. The third-order valence-electron chi connectivity index (χ3n) is 3.73. The molecular formula is C16H24N4O. The Labute approximate surface area is 125 Å². The maximum Gasteiger partial charge on any atom is 0.239 e. The molecule has 1 aromatic heterocycles. The molecule has 5 heteroatoms. The summed E-state index contributed by atoms with van der Waals surface area (Å²) in [7, 11) is 3.72. The summed E-state index contributed by atoms with van der Waals surface area (Å²) >= 11 is 0. The van der Waals surface area contributed by atoms with Gasteiger partial charge in [-0.1, -0.05) is 18.2 Å². The van der Waals surface area contributed by atoms with E-state index >= 15 is 0 Å². The van der Waals surface area contributed by atoms with Crippen molar-refractivity contribution in [3.63, 3.8) is 0 Å². The van der Waals surface area contributed by atoms with Crippen LogP contribution in [0.4, 0.5) is 0 Å². The van der Waals surface area contributed by atoms with Crippen LogP contribution in [0.5, 0.6) is 0 Å². The predicted octanol–water partition coefficient (Wildman–Crippen LogP) is 1.11. The van der Waals surface area contributed by atoms with E-state index in [1.165, 1.54) is 0 Å². The largest absolute Gasteiger partial charge is 0.361 e. The number of aromatic nitrogens is 1. The lowest BCUT2D eigenvalue weighted by molar-refractivity contribution is -0.131. The Bertz CT molecular complexity index is 593. The SMILES string of the molecule is CNCCCN(C)C(=O)C(N)Cc1c[nH]c2ccccc12. The number of hydrogen-bond acceptors (Lipinski definition) is 3. The quantitative estimate of drug-likeness (QED) is 0.668. The molecule has 1 amide bonds. The van der Waals surface area contributed by atoms with Gasteiger partial charge in [0.15, 0.2) is 0 Å². The Morgan fingerprint density at radius 2 is 2.19 bits per heavy atom. The molecule has 0 fully saturated rings. The van der Waals surface area contributed by atoms with Gasteiger partial charge in [-0.25, -0.2) is 0 Å². The van der Waals surface area contributed by atoms with Gasteiger partial charge in [-0.2, -0.15) is 0 Å². The average Bonchev–Trinajstić information content (AvgIpc) is 2.90. The second-order valence-corrected chi connectivity index (χ2v) is 5.39. The summed E-state index contributed by atoms with van der Waals surface area (Å²) in [4.78, 5) is 17.2. The molecule has 1 heterocycles. The van der Waals surface area contributed by atoms with Crippen LogP contribution in [-0.4, -0.2) is 49.0 Å². The third-order valence-corrected chi connectivity index (χ3v) is 3.73. The van der Waals surface area contributed by atoms with Crippen LogP contribution < -0.4 is 11.1 Å². The van der Waals surface area contributed by atoms with Crippen LogP contribution in [0.2, 0.25) is 0 Å². The Kier molecular flexibility index (Phi) is 5.36. The van der Waals surface area contributed by atoms with Gasteiger partial charge in [0.1, 0.15) is 0 Å². The first-order chi connectivity index (χ1) is 10.1. The van der Waals surface area contributed by atoms with Crippen molar-refractivity contribution in [1.29, 1.82) is 0 Å². The smallest absolute Gasteiger partial charge is 0.239 e. The minimum absolute atomic E-state index is 0.00335. The molecule has 0 saturated carbocycles. The standard InChI is InChI=1S/C16H24N4O/c1-18-8-5-9-20(2)16(21)14(17)10-12-11-19-15-7-4-3-6-13(12)15/h3-4,6-7,11,14,18-19H,5,8-10,17H2,1-2H3. The van der Waals surface area contributed by atoms with E-state index in [-0.39, 0.29) is 5.91 Å². The number of hydrogen-bond donors (Lipinski definition) is 3. The predicted molar refractivity (Wildman–Crippen MR) is 86.2 cm³/mol. The highest BCUT2D eigenvalue weighted by Gasteiger charge is 2.19. The molecule has 0 aliphatic rings. The second kappa shape index (κ2) is 7.24. The number of para-hydroxylation sites is 1. The van der Waals surface area contributed by atoms with Gasteiger partial charge in [-0.15, -0.1) is 0 Å². The Morgan fingerprint density at radius 3 is 2.95 bits per heavy atom. The van der Waals surface area contributed by atoms with Gasteiger partial charge in [0.05, 0.1) is 6.04 Å². The van der Waals surface area contributed by atoms with E-state index in [0.29, 0.717) is 6.42 Å². The third kappa shape index (κ3) is 3.83. The molecule has 1 aromatic carbocycles. The molecule has 1 unspecified atom stereocenters. The normalized spacial score (nSPS) is 12.5. The summed E-state index contributed by atoms with van der Waals surface area (Å²) < 4.78 is 0. The number of fused-ring (bicyclic) bond motifs is 1. The van der Waals surface area contributed by atoms with E-state index in [0.717, 1.165) is 36.0 Å². The molecule has 0 bridgehead atoms. The number of nitrogens with zero attached hydrogens (tertiary/aromatic N) is 1. The van der Waals surface area contributed by atoms with Crippen molar-refractivity contribution in [2.45, 2.75) is 18.9 Å². The van der Waals surface area contributed by atoms with Gasteiger partial charge >= 0.3 is 0 Å². The molecule has 5 nitrogen and oxygen atoms in total. The Hall–Kier alpha value is -1.85. The van der Waals surface area contributed by atoms with E-state index < -0.39 is 6.04 Å². The van der Waals surface area contributed by atoms with Gasteiger partial charge in [0, 0.05) is 30.7 Å². The van der Waals surface area contributed by atoms with Crippen LogP contribution in [0.25, 0.3) is 10.9 Å². The first-order valence-electron chi connectivity index (χ1n) is 7.33. The number of amides is 1. The number of aromatic amines is 1. The number of benzene rings is 1. The molecular weight excluding hydrogens is 264 g/mol. The zero-order valence-electron chi connectivity index (χ0n) is 12.7. The van der Waals surface area contributed by atoms with E-state index in [9.17, 15) is 4.79 Å². The lowest BCUT2D eigenvalue weighted by atomic mass is 10.0. The van der Waals surface area contributed by atoms with Crippen molar-refractivity contribution >= 4 is 16.8 Å². The molecule has 21 heavy (non-hydrogen) atoms. The number of H-pyrrole nitrogens is 1. The maximum atomic E-state index is 12.3. The zero-order valence-corrected chi connectivity index (χ0v) is 12.7. The molecule has 2 rings (SSSR count). The van der Waals surface area contributed by atoms with Gasteiger partial charge in [-0.05, 0) is 38.1 Å². The van der Waals surface area contributed by atoms with Gasteiger partial charge in [0.25, 0.3) is 0 Å². The molecule has 0 radical (unpaired) electrons. The minimum atomic E-state index is -0.496. The van der Waals surface area contributed by atoms with Crippen LogP contribution in [0.3, 0.4) is 0 Å². The fraction of sp³-hybridized carbons (Fsp3) is 0.438. The molecule has 0 spiro atoms. The van der Waals surface area contributed by atoms with Crippen molar-refractivity contribution in [3.05, 3.63) is 36.0 Å². The highest BCUT2D eigenvalue weighted by atomic mass is 16.2. The minimum Gasteiger partial charge on any atom is -0.361 e. The zero-order chi connectivity index (χ0) is 15.2. The molecule has 0 saturated heterocycles.